The van der Waals surface area contributed by atoms with Crippen molar-refractivity contribution < 1.29 is 19.1 Å². The van der Waals surface area contributed by atoms with Crippen molar-refractivity contribution in [3.63, 3.8) is 0 Å². The van der Waals surface area contributed by atoms with E-state index in [1.54, 1.807) is 19.1 Å². The summed E-state index contributed by atoms with van der Waals surface area (Å²) in [7, 11) is 0. The van der Waals surface area contributed by atoms with Crippen molar-refractivity contribution in [1.29, 1.82) is 0 Å². The lowest BCUT2D eigenvalue weighted by molar-refractivity contribution is -0.139. The minimum atomic E-state index is -1.08. The third-order valence-electron chi connectivity index (χ3n) is 2.43. The van der Waals surface area contributed by atoms with E-state index in [2.05, 4.69) is 0 Å². The van der Waals surface area contributed by atoms with Gasteiger partial charge in [0.1, 0.15) is 16.4 Å². The molecule has 1 aromatic heterocycles. The van der Waals surface area contributed by atoms with Crippen molar-refractivity contribution in [2.24, 2.45) is 0 Å². The molecule has 5 nitrogen and oxygen atoms in total. The third kappa shape index (κ3) is 2.31. The molecule has 2 rings (SSSR count). The number of halogens is 1. The van der Waals surface area contributed by atoms with Gasteiger partial charge in [-0.05, 0) is 24.6 Å². The maximum absolute atomic E-state index is 11.4. The molecule has 1 aromatic carbocycles. The Kier molecular flexibility index (Phi) is 3.25. The highest BCUT2D eigenvalue weighted by Gasteiger charge is 2.10. The molecule has 0 aliphatic carbocycles. The fourth-order valence-corrected chi connectivity index (χ4v) is 1.69. The second-order valence-corrected chi connectivity index (χ2v) is 4.05. The molecule has 0 aliphatic heterocycles. The maximum atomic E-state index is 11.4. The summed E-state index contributed by atoms with van der Waals surface area (Å²) in [6, 6.07) is 4.72. The molecule has 0 aliphatic rings. The summed E-state index contributed by atoms with van der Waals surface area (Å²) in [4.78, 5) is 21.8. The molecule has 0 bridgehead atoms. The Morgan fingerprint density at radius 3 is 2.89 bits per heavy atom. The van der Waals surface area contributed by atoms with Crippen LogP contribution in [-0.4, -0.2) is 17.7 Å². The predicted molar refractivity (Wildman–Crippen MR) is 65.4 cm³/mol. The molecule has 0 atom stereocenters. The summed E-state index contributed by atoms with van der Waals surface area (Å²) in [5.41, 5.74) is 0.301. The summed E-state index contributed by atoms with van der Waals surface area (Å²) in [5.74, 6) is -0.765. The van der Waals surface area contributed by atoms with E-state index in [1.165, 1.54) is 6.07 Å². The third-order valence-corrected chi connectivity index (χ3v) is 2.87. The van der Waals surface area contributed by atoms with Crippen molar-refractivity contribution >= 4 is 28.5 Å². The number of carbonyl (C=O) groups is 1. The highest BCUT2D eigenvalue weighted by Crippen LogP contribution is 2.25. The molecule has 0 unspecified atom stereocenters. The van der Waals surface area contributed by atoms with Crippen LogP contribution >= 0.6 is 11.6 Å². The Labute approximate surface area is 107 Å². The molecule has 0 amide bonds. The standard InChI is InChI=1S/C12H9ClO5/c1-6-8-3-2-7(17-5-10(14)15)4-9(8)18-12(16)11(6)13/h2-4H,5H2,1H3,(H,14,15). The quantitative estimate of drug-likeness (QED) is 0.864. The molecule has 0 spiro atoms. The van der Waals surface area contributed by atoms with Gasteiger partial charge in [0.2, 0.25) is 0 Å². The van der Waals surface area contributed by atoms with Gasteiger partial charge in [0.25, 0.3) is 0 Å². The van der Waals surface area contributed by atoms with Crippen LogP contribution in [0.15, 0.2) is 27.4 Å². The van der Waals surface area contributed by atoms with E-state index in [0.29, 0.717) is 22.3 Å². The topological polar surface area (TPSA) is 76.7 Å². The van der Waals surface area contributed by atoms with Gasteiger partial charge >= 0.3 is 11.6 Å². The normalized spacial score (nSPS) is 10.6. The van der Waals surface area contributed by atoms with E-state index in [1.807, 2.05) is 0 Å². The number of hydrogen-bond acceptors (Lipinski definition) is 4. The molecular formula is C12H9ClO5. The van der Waals surface area contributed by atoms with Gasteiger partial charge in [0.15, 0.2) is 6.61 Å². The van der Waals surface area contributed by atoms with Crippen molar-refractivity contribution in [1.82, 2.24) is 0 Å². The number of hydrogen-bond donors (Lipinski definition) is 1. The fraction of sp³-hybridized carbons (Fsp3) is 0.167. The number of carboxylic acids is 1. The van der Waals surface area contributed by atoms with Crippen LogP contribution in [0.4, 0.5) is 0 Å². The lowest BCUT2D eigenvalue weighted by Gasteiger charge is -2.06. The van der Waals surface area contributed by atoms with E-state index in [4.69, 9.17) is 25.9 Å². The molecule has 0 saturated heterocycles. The second kappa shape index (κ2) is 4.70. The first-order chi connectivity index (χ1) is 8.49. The Balaban J connectivity index is 2.49. The van der Waals surface area contributed by atoms with Crippen LogP contribution in [0.2, 0.25) is 5.02 Å². The van der Waals surface area contributed by atoms with Crippen LogP contribution in [0.1, 0.15) is 5.56 Å². The predicted octanol–water partition coefficient (Wildman–Crippen LogP) is 2.22. The first-order valence-electron chi connectivity index (χ1n) is 5.06. The van der Waals surface area contributed by atoms with Crippen LogP contribution in [-0.2, 0) is 4.79 Å². The lowest BCUT2D eigenvalue weighted by Crippen LogP contribution is -2.09. The molecule has 6 heteroatoms. The van der Waals surface area contributed by atoms with Crippen LogP contribution in [0, 0.1) is 6.92 Å². The van der Waals surface area contributed by atoms with Gasteiger partial charge in [-0.25, -0.2) is 9.59 Å². The van der Waals surface area contributed by atoms with Crippen LogP contribution in [0.5, 0.6) is 5.75 Å². The molecule has 94 valence electrons. The first kappa shape index (κ1) is 12.4. The van der Waals surface area contributed by atoms with Crippen molar-refractivity contribution in [3.8, 4) is 5.75 Å². The molecule has 0 radical (unpaired) electrons. The van der Waals surface area contributed by atoms with E-state index in [9.17, 15) is 9.59 Å². The average Bonchev–Trinajstić information content (AvgIpc) is 2.33. The van der Waals surface area contributed by atoms with Gasteiger partial charge in [-0.2, -0.15) is 0 Å². The number of benzene rings is 1. The molecular weight excluding hydrogens is 260 g/mol. The van der Waals surface area contributed by atoms with Gasteiger partial charge in [0, 0.05) is 11.5 Å². The smallest absolute Gasteiger partial charge is 0.355 e. The maximum Gasteiger partial charge on any atom is 0.355 e. The average molecular weight is 269 g/mol. The van der Waals surface area contributed by atoms with Crippen molar-refractivity contribution in [2.45, 2.75) is 6.92 Å². The molecule has 2 aromatic rings. The number of carboxylic acid groups (broad SMARTS) is 1. The molecule has 0 fully saturated rings. The highest BCUT2D eigenvalue weighted by atomic mass is 35.5. The van der Waals surface area contributed by atoms with E-state index in [0.717, 1.165) is 0 Å². The SMILES string of the molecule is Cc1c(Cl)c(=O)oc2cc(OCC(=O)O)ccc12. The summed E-state index contributed by atoms with van der Waals surface area (Å²) in [6.45, 7) is 1.25. The Morgan fingerprint density at radius 1 is 1.50 bits per heavy atom. The van der Waals surface area contributed by atoms with Gasteiger partial charge in [-0.15, -0.1) is 0 Å². The van der Waals surface area contributed by atoms with Crippen LogP contribution in [0.3, 0.4) is 0 Å². The molecule has 1 heterocycles. The molecule has 18 heavy (non-hydrogen) atoms. The van der Waals surface area contributed by atoms with Crippen LogP contribution in [0.25, 0.3) is 11.0 Å². The highest BCUT2D eigenvalue weighted by molar-refractivity contribution is 6.31. The summed E-state index contributed by atoms with van der Waals surface area (Å²) < 4.78 is 10.00. The monoisotopic (exact) mass is 268 g/mol. The Hall–Kier alpha value is -2.01. The van der Waals surface area contributed by atoms with E-state index in [-0.39, 0.29) is 5.02 Å². The van der Waals surface area contributed by atoms with Crippen molar-refractivity contribution in [2.75, 3.05) is 6.61 Å². The number of aryl methyl sites for hydroxylation is 1. The van der Waals surface area contributed by atoms with E-state index >= 15 is 0 Å². The van der Waals surface area contributed by atoms with Gasteiger partial charge in [-0.1, -0.05) is 11.6 Å². The van der Waals surface area contributed by atoms with Gasteiger partial charge in [0.05, 0.1) is 0 Å². The lowest BCUT2D eigenvalue weighted by atomic mass is 10.1. The van der Waals surface area contributed by atoms with E-state index < -0.39 is 18.2 Å². The number of ether oxygens (including phenoxy) is 1. The first-order valence-corrected chi connectivity index (χ1v) is 5.44. The van der Waals surface area contributed by atoms with Crippen molar-refractivity contribution in [3.05, 3.63) is 39.2 Å². The Bertz CT molecular complexity index is 674. The molecule has 1 N–H and O–H groups in total. The zero-order chi connectivity index (χ0) is 13.3. The number of rotatable bonds is 3. The zero-order valence-corrected chi connectivity index (χ0v) is 10.2. The fourth-order valence-electron chi connectivity index (χ4n) is 1.55. The molecule has 0 saturated carbocycles. The Morgan fingerprint density at radius 2 is 2.22 bits per heavy atom. The summed E-state index contributed by atoms with van der Waals surface area (Å²) >= 11 is 5.78. The summed E-state index contributed by atoms with van der Waals surface area (Å²) in [6.07, 6.45) is 0. The number of fused-ring (bicyclic) bond motifs is 1. The van der Waals surface area contributed by atoms with Crippen LogP contribution < -0.4 is 10.4 Å². The minimum Gasteiger partial charge on any atom is -0.482 e. The zero-order valence-electron chi connectivity index (χ0n) is 9.40. The van der Waals surface area contributed by atoms with Gasteiger partial charge in [-0.3, -0.25) is 0 Å². The second-order valence-electron chi connectivity index (χ2n) is 3.67. The number of aliphatic carboxylic acids is 1. The minimum absolute atomic E-state index is 0.0432. The van der Waals surface area contributed by atoms with Gasteiger partial charge < -0.3 is 14.3 Å². The summed E-state index contributed by atoms with van der Waals surface area (Å²) in [5, 5.41) is 9.22. The largest absolute Gasteiger partial charge is 0.482 e.